The third-order valence-electron chi connectivity index (χ3n) is 4.70. The molecule has 2 aliphatic rings. The minimum Gasteiger partial charge on any atom is -0.352 e. The Labute approximate surface area is 142 Å². The molecule has 0 aromatic heterocycles. The van der Waals surface area contributed by atoms with Crippen LogP contribution in [-0.2, 0) is 11.2 Å². The number of thioether (sulfide) groups is 2. The molecule has 120 valence electrons. The number of amides is 1. The number of hydrogen-bond donors (Lipinski definition) is 1. The third kappa shape index (κ3) is 4.45. The van der Waals surface area contributed by atoms with Crippen LogP contribution in [0.25, 0.3) is 0 Å². The maximum Gasteiger partial charge on any atom is 0.234 e. The molecule has 0 radical (unpaired) electrons. The normalized spacial score (nSPS) is 24.1. The summed E-state index contributed by atoms with van der Waals surface area (Å²) in [6, 6.07) is 10.9. The van der Waals surface area contributed by atoms with Crippen LogP contribution in [0.15, 0.2) is 30.3 Å². The molecule has 1 saturated heterocycles. The first-order valence-electron chi connectivity index (χ1n) is 8.36. The first-order chi connectivity index (χ1) is 10.8. The van der Waals surface area contributed by atoms with E-state index < -0.39 is 0 Å². The highest BCUT2D eigenvalue weighted by Gasteiger charge is 2.29. The van der Waals surface area contributed by atoms with Gasteiger partial charge in [-0.3, -0.25) is 4.79 Å². The lowest BCUT2D eigenvalue weighted by Crippen LogP contribution is -2.46. The van der Waals surface area contributed by atoms with E-state index in [0.29, 0.717) is 12.0 Å². The lowest BCUT2D eigenvalue weighted by molar-refractivity contribution is -0.121. The second-order valence-electron chi connectivity index (χ2n) is 6.28. The molecule has 2 unspecified atom stereocenters. The van der Waals surface area contributed by atoms with Crippen LogP contribution in [0.1, 0.15) is 31.2 Å². The highest BCUT2D eigenvalue weighted by molar-refractivity contribution is 8.07. The average molecular weight is 336 g/mol. The third-order valence-corrected chi connectivity index (χ3v) is 7.46. The summed E-state index contributed by atoms with van der Waals surface area (Å²) in [5.74, 6) is 4.19. The molecule has 1 aliphatic carbocycles. The Morgan fingerprint density at radius 3 is 2.64 bits per heavy atom. The van der Waals surface area contributed by atoms with Crippen molar-refractivity contribution in [3.63, 3.8) is 0 Å². The fraction of sp³-hybridized carbons (Fsp3) is 0.611. The molecule has 1 aliphatic heterocycles. The van der Waals surface area contributed by atoms with E-state index >= 15 is 0 Å². The first kappa shape index (κ1) is 16.3. The molecule has 4 heteroatoms. The van der Waals surface area contributed by atoms with Crippen LogP contribution in [0.2, 0.25) is 0 Å². The van der Waals surface area contributed by atoms with E-state index in [1.807, 2.05) is 23.5 Å². The summed E-state index contributed by atoms with van der Waals surface area (Å²) in [6.07, 6.45) is 6.15. The fourth-order valence-corrected chi connectivity index (χ4v) is 6.04. The van der Waals surface area contributed by atoms with Crippen LogP contribution in [-0.4, -0.2) is 34.5 Å². The number of benzene rings is 1. The quantitative estimate of drug-likeness (QED) is 0.888. The zero-order valence-corrected chi connectivity index (χ0v) is 14.6. The number of hydrogen-bond acceptors (Lipinski definition) is 3. The van der Waals surface area contributed by atoms with E-state index in [9.17, 15) is 4.79 Å². The Balaban J connectivity index is 1.63. The van der Waals surface area contributed by atoms with Gasteiger partial charge in [-0.15, -0.1) is 11.8 Å². The van der Waals surface area contributed by atoms with E-state index in [1.54, 1.807) is 0 Å². The van der Waals surface area contributed by atoms with Crippen LogP contribution < -0.4 is 5.32 Å². The predicted molar refractivity (Wildman–Crippen MR) is 97.6 cm³/mol. The summed E-state index contributed by atoms with van der Waals surface area (Å²) in [7, 11) is 0. The topological polar surface area (TPSA) is 29.1 Å². The average Bonchev–Trinajstić information content (AvgIpc) is 3.10. The maximum atomic E-state index is 12.6. The minimum atomic E-state index is 0.151. The monoisotopic (exact) mass is 335 g/mol. The molecule has 0 bridgehead atoms. The highest BCUT2D eigenvalue weighted by Crippen LogP contribution is 2.30. The molecule has 1 heterocycles. The molecule has 1 amide bonds. The van der Waals surface area contributed by atoms with Gasteiger partial charge < -0.3 is 5.32 Å². The van der Waals surface area contributed by atoms with Crippen LogP contribution in [0, 0.1) is 5.92 Å². The standard InChI is InChI=1S/C18H25NOS2/c20-18(17-13-21-10-11-22-17)19-16(15-8-4-5-9-15)12-14-6-2-1-3-7-14/h1-3,6-7,15-17H,4-5,8-13H2,(H,19,20). The van der Waals surface area contributed by atoms with Gasteiger partial charge in [-0.2, -0.15) is 11.8 Å². The van der Waals surface area contributed by atoms with Gasteiger partial charge in [-0.25, -0.2) is 0 Å². The Morgan fingerprint density at radius 2 is 1.95 bits per heavy atom. The number of nitrogens with one attached hydrogen (secondary N) is 1. The molecule has 1 aromatic carbocycles. The van der Waals surface area contributed by atoms with E-state index in [2.05, 4.69) is 35.6 Å². The Kier molecular flexibility index (Phi) is 6.13. The second-order valence-corrected chi connectivity index (χ2v) is 8.74. The Hall–Kier alpha value is -0.610. The van der Waals surface area contributed by atoms with Crippen molar-refractivity contribution in [2.75, 3.05) is 17.3 Å². The van der Waals surface area contributed by atoms with Gasteiger partial charge in [0.05, 0.1) is 5.25 Å². The van der Waals surface area contributed by atoms with E-state index in [0.717, 1.165) is 17.9 Å². The van der Waals surface area contributed by atoms with Crippen LogP contribution in [0.3, 0.4) is 0 Å². The Morgan fingerprint density at radius 1 is 1.18 bits per heavy atom. The molecule has 2 nitrogen and oxygen atoms in total. The molecule has 3 rings (SSSR count). The number of rotatable bonds is 5. The van der Waals surface area contributed by atoms with Crippen LogP contribution in [0.4, 0.5) is 0 Å². The van der Waals surface area contributed by atoms with Gasteiger partial charge in [0.25, 0.3) is 0 Å². The van der Waals surface area contributed by atoms with Gasteiger partial charge in [0.2, 0.25) is 5.91 Å². The summed E-state index contributed by atoms with van der Waals surface area (Å²) >= 11 is 3.74. The van der Waals surface area contributed by atoms with E-state index in [4.69, 9.17) is 0 Å². The zero-order chi connectivity index (χ0) is 15.2. The van der Waals surface area contributed by atoms with Gasteiger partial charge in [-0.05, 0) is 30.7 Å². The van der Waals surface area contributed by atoms with Crippen molar-refractivity contribution in [1.29, 1.82) is 0 Å². The molecule has 22 heavy (non-hydrogen) atoms. The van der Waals surface area contributed by atoms with Crippen molar-refractivity contribution < 1.29 is 4.79 Å². The van der Waals surface area contributed by atoms with Crippen molar-refractivity contribution in [2.24, 2.45) is 5.92 Å². The molecule has 1 saturated carbocycles. The van der Waals surface area contributed by atoms with Gasteiger partial charge in [0, 0.05) is 23.3 Å². The van der Waals surface area contributed by atoms with E-state index in [-0.39, 0.29) is 11.2 Å². The predicted octanol–water partition coefficient (Wildman–Crippen LogP) is 3.75. The number of carbonyl (C=O) groups excluding carboxylic acids is 1. The molecule has 2 atom stereocenters. The van der Waals surface area contributed by atoms with Crippen molar-refractivity contribution in [3.8, 4) is 0 Å². The summed E-state index contributed by atoms with van der Waals surface area (Å²) in [5, 5.41) is 3.56. The van der Waals surface area contributed by atoms with Crippen molar-refractivity contribution in [1.82, 2.24) is 5.32 Å². The first-order valence-corrected chi connectivity index (χ1v) is 10.6. The minimum absolute atomic E-state index is 0.151. The largest absolute Gasteiger partial charge is 0.352 e. The van der Waals surface area contributed by atoms with Crippen LogP contribution >= 0.6 is 23.5 Å². The summed E-state index contributed by atoms with van der Waals surface area (Å²) in [6.45, 7) is 0. The Bertz CT molecular complexity index is 467. The summed E-state index contributed by atoms with van der Waals surface area (Å²) < 4.78 is 0. The maximum absolute atomic E-state index is 12.6. The van der Waals surface area contributed by atoms with Crippen molar-refractivity contribution in [2.45, 2.75) is 43.4 Å². The van der Waals surface area contributed by atoms with Gasteiger partial charge >= 0.3 is 0 Å². The molecule has 2 fully saturated rings. The fourth-order valence-electron chi connectivity index (χ4n) is 3.48. The van der Waals surface area contributed by atoms with E-state index in [1.165, 1.54) is 37.0 Å². The SMILES string of the molecule is O=C(NC(Cc1ccccc1)C1CCCC1)C1CSCCS1. The van der Waals surface area contributed by atoms with Crippen molar-refractivity contribution >= 4 is 29.4 Å². The molecule has 0 spiro atoms. The van der Waals surface area contributed by atoms with Crippen LogP contribution in [0.5, 0.6) is 0 Å². The smallest absolute Gasteiger partial charge is 0.234 e. The second kappa shape index (κ2) is 8.30. The highest BCUT2D eigenvalue weighted by atomic mass is 32.2. The van der Waals surface area contributed by atoms with Gasteiger partial charge in [0.15, 0.2) is 0 Å². The number of carbonyl (C=O) groups is 1. The lowest BCUT2D eigenvalue weighted by Gasteiger charge is -2.28. The molecular formula is C18H25NOS2. The lowest BCUT2D eigenvalue weighted by atomic mass is 9.92. The summed E-state index contributed by atoms with van der Waals surface area (Å²) in [4.78, 5) is 12.6. The zero-order valence-electron chi connectivity index (χ0n) is 13.0. The molecule has 1 N–H and O–H groups in total. The van der Waals surface area contributed by atoms with Gasteiger partial charge in [-0.1, -0.05) is 43.2 Å². The molecular weight excluding hydrogens is 310 g/mol. The molecule has 1 aromatic rings. The van der Waals surface area contributed by atoms with Crippen molar-refractivity contribution in [3.05, 3.63) is 35.9 Å². The van der Waals surface area contributed by atoms with Gasteiger partial charge in [0.1, 0.15) is 0 Å². The summed E-state index contributed by atoms with van der Waals surface area (Å²) in [5.41, 5.74) is 1.34.